The number of hydrogen-bond donors (Lipinski definition) is 2. The molecule has 0 aliphatic heterocycles. The predicted molar refractivity (Wildman–Crippen MR) is 126 cm³/mol. The molecule has 0 spiro atoms. The molecule has 2 heterocycles. The lowest BCUT2D eigenvalue weighted by molar-refractivity contribution is 0.0682. The van der Waals surface area contributed by atoms with Gasteiger partial charge in [0.2, 0.25) is 0 Å². The Morgan fingerprint density at radius 3 is 1.25 bits per heavy atom. The fourth-order valence-electron chi connectivity index (χ4n) is 2.61. The molecule has 0 bridgehead atoms. The predicted octanol–water partition coefficient (Wildman–Crippen LogP) is 6.03. The smallest absolute Gasteiger partial charge is 0.336 e. The fraction of sp³-hybridized carbons (Fsp3) is 0. The quantitative estimate of drug-likeness (QED) is 0.335. The van der Waals surface area contributed by atoms with Crippen LogP contribution in [0.1, 0.15) is 20.7 Å². The molecule has 2 aromatic carbocycles. The highest BCUT2D eigenvalue weighted by molar-refractivity contribution is 8.76. The summed E-state index contributed by atoms with van der Waals surface area (Å²) in [6.07, 6.45) is 7.15. The van der Waals surface area contributed by atoms with E-state index >= 15 is 0 Å². The number of aromatic nitrogens is 2. The number of carboxylic acid groups (broad SMARTS) is 2. The molecule has 0 atom stereocenters. The molecule has 0 amide bonds. The summed E-state index contributed by atoms with van der Waals surface area (Å²) in [5, 5.41) is 18.2. The van der Waals surface area contributed by atoms with Crippen LogP contribution in [0, 0.1) is 0 Å². The summed E-state index contributed by atoms with van der Waals surface area (Å²) in [7, 11) is 2.47. The molecule has 0 saturated heterocycles. The Kier molecular flexibility index (Phi) is 8.42. The maximum atomic E-state index is 11.1. The van der Waals surface area contributed by atoms with Gasteiger partial charge in [0.15, 0.2) is 0 Å². The monoisotopic (exact) mass is 462 g/mol. The Bertz CT molecular complexity index is 1090. The third-order valence-corrected chi connectivity index (χ3v) is 6.63. The lowest BCUT2D eigenvalue weighted by Crippen LogP contribution is -1.98. The van der Waals surface area contributed by atoms with Gasteiger partial charge >= 0.3 is 11.9 Å². The molecule has 0 aliphatic rings. The number of pyridine rings is 2. The van der Waals surface area contributed by atoms with Gasteiger partial charge in [-0.1, -0.05) is 45.9 Å². The minimum absolute atomic E-state index is 0.206. The van der Waals surface area contributed by atoms with E-state index in [4.69, 9.17) is 10.2 Å². The van der Waals surface area contributed by atoms with Crippen LogP contribution in [0.2, 0.25) is 0 Å². The van der Waals surface area contributed by atoms with E-state index in [1.165, 1.54) is 44.8 Å². The molecule has 4 aromatic rings. The fourth-order valence-corrected chi connectivity index (χ4v) is 4.96. The van der Waals surface area contributed by atoms with Crippen molar-refractivity contribution >= 4 is 33.5 Å². The zero-order valence-corrected chi connectivity index (χ0v) is 18.3. The van der Waals surface area contributed by atoms with E-state index in [1.807, 2.05) is 24.3 Å². The minimum atomic E-state index is -1.000. The first-order valence-electron chi connectivity index (χ1n) is 9.36. The molecular formula is C24H18N2O4S2. The van der Waals surface area contributed by atoms with Gasteiger partial charge in [-0.3, -0.25) is 9.97 Å². The summed E-state index contributed by atoms with van der Waals surface area (Å²) >= 11 is 0. The second-order valence-corrected chi connectivity index (χ2v) is 8.45. The standard InChI is InChI=1S/C14H10O4S2.C10H8N2/c15-13(16)9-5-1-3-7-11(9)19-20-12-8-4-2-6-10(12)14(17)18;1-5-11-6-2-9(1)10-3-7-12-8-4-10/h1-8H,(H,15,16)(H,17,18);1-8H. The van der Waals surface area contributed by atoms with Crippen LogP contribution >= 0.6 is 21.6 Å². The van der Waals surface area contributed by atoms with Crippen molar-refractivity contribution in [2.24, 2.45) is 0 Å². The Labute approximate surface area is 192 Å². The topological polar surface area (TPSA) is 100 Å². The van der Waals surface area contributed by atoms with Crippen LogP contribution in [0.5, 0.6) is 0 Å². The van der Waals surface area contributed by atoms with Crippen LogP contribution in [0.25, 0.3) is 11.1 Å². The van der Waals surface area contributed by atoms with Gasteiger partial charge in [0.25, 0.3) is 0 Å². The summed E-state index contributed by atoms with van der Waals surface area (Å²) in [5.74, 6) is -2.00. The van der Waals surface area contributed by atoms with Gasteiger partial charge in [-0.05, 0) is 59.7 Å². The Morgan fingerprint density at radius 1 is 0.562 bits per heavy atom. The van der Waals surface area contributed by atoms with E-state index in [1.54, 1.807) is 61.2 Å². The van der Waals surface area contributed by atoms with E-state index in [2.05, 4.69) is 9.97 Å². The lowest BCUT2D eigenvalue weighted by Gasteiger charge is -2.06. The number of rotatable bonds is 6. The van der Waals surface area contributed by atoms with Crippen molar-refractivity contribution < 1.29 is 19.8 Å². The number of hydrogen-bond acceptors (Lipinski definition) is 6. The molecule has 2 aromatic heterocycles. The molecule has 6 nitrogen and oxygen atoms in total. The zero-order valence-electron chi connectivity index (χ0n) is 16.7. The Balaban J connectivity index is 0.000000204. The summed E-state index contributed by atoms with van der Waals surface area (Å²) < 4.78 is 0. The molecular weight excluding hydrogens is 444 g/mol. The molecule has 32 heavy (non-hydrogen) atoms. The Morgan fingerprint density at radius 2 is 0.906 bits per heavy atom. The summed E-state index contributed by atoms with van der Waals surface area (Å²) in [5.41, 5.74) is 2.76. The molecule has 160 valence electrons. The van der Waals surface area contributed by atoms with Crippen molar-refractivity contribution in [2.75, 3.05) is 0 Å². The highest BCUT2D eigenvalue weighted by Crippen LogP contribution is 2.40. The molecule has 0 radical (unpaired) electrons. The van der Waals surface area contributed by atoms with Crippen molar-refractivity contribution in [3.8, 4) is 11.1 Å². The van der Waals surface area contributed by atoms with Crippen LogP contribution in [0.3, 0.4) is 0 Å². The molecule has 0 unspecified atom stereocenters. The molecule has 2 N–H and O–H groups in total. The van der Waals surface area contributed by atoms with Crippen LogP contribution in [-0.4, -0.2) is 32.1 Å². The second-order valence-electron chi connectivity index (χ2n) is 6.24. The molecule has 0 fully saturated rings. The SMILES string of the molecule is O=C(O)c1ccccc1SSc1ccccc1C(=O)O.c1cc(-c2ccncc2)ccn1. The van der Waals surface area contributed by atoms with Crippen LogP contribution in [0.15, 0.2) is 107 Å². The number of benzene rings is 2. The van der Waals surface area contributed by atoms with Gasteiger partial charge in [0.05, 0.1) is 11.1 Å². The summed E-state index contributed by atoms with van der Waals surface area (Å²) in [6.45, 7) is 0. The summed E-state index contributed by atoms with van der Waals surface area (Å²) in [4.78, 5) is 31.3. The van der Waals surface area contributed by atoms with Gasteiger partial charge in [0.1, 0.15) is 0 Å². The maximum absolute atomic E-state index is 11.1. The zero-order chi connectivity index (χ0) is 22.8. The van der Waals surface area contributed by atoms with Crippen molar-refractivity contribution in [2.45, 2.75) is 9.79 Å². The minimum Gasteiger partial charge on any atom is -0.478 e. The first-order chi connectivity index (χ1) is 15.6. The van der Waals surface area contributed by atoms with Crippen LogP contribution < -0.4 is 0 Å². The van der Waals surface area contributed by atoms with Gasteiger partial charge in [0, 0.05) is 34.6 Å². The largest absolute Gasteiger partial charge is 0.478 e. The number of carbonyl (C=O) groups is 2. The third kappa shape index (κ3) is 6.44. The van der Waals surface area contributed by atoms with Crippen molar-refractivity contribution in [1.29, 1.82) is 0 Å². The number of carboxylic acids is 2. The number of aromatic carboxylic acids is 2. The summed E-state index contributed by atoms with van der Waals surface area (Å²) in [6, 6.07) is 21.2. The maximum Gasteiger partial charge on any atom is 0.336 e. The highest BCUT2D eigenvalue weighted by atomic mass is 33.1. The van der Waals surface area contributed by atoms with Gasteiger partial charge < -0.3 is 10.2 Å². The first-order valence-corrected chi connectivity index (χ1v) is 11.5. The molecule has 0 saturated carbocycles. The van der Waals surface area contributed by atoms with Crippen LogP contribution in [-0.2, 0) is 0 Å². The average Bonchev–Trinajstić information content (AvgIpc) is 2.84. The van der Waals surface area contributed by atoms with E-state index < -0.39 is 11.9 Å². The van der Waals surface area contributed by atoms with Crippen molar-refractivity contribution in [3.05, 3.63) is 109 Å². The second kappa shape index (κ2) is 11.7. The van der Waals surface area contributed by atoms with Crippen molar-refractivity contribution in [3.63, 3.8) is 0 Å². The molecule has 8 heteroatoms. The first kappa shape index (κ1) is 23.1. The molecule has 0 aliphatic carbocycles. The average molecular weight is 463 g/mol. The normalized spacial score (nSPS) is 10.0. The van der Waals surface area contributed by atoms with Gasteiger partial charge in [-0.25, -0.2) is 9.59 Å². The Hall–Kier alpha value is -3.62. The van der Waals surface area contributed by atoms with E-state index in [0.717, 1.165) is 0 Å². The third-order valence-electron chi connectivity index (χ3n) is 4.15. The van der Waals surface area contributed by atoms with E-state index in [0.29, 0.717) is 9.79 Å². The van der Waals surface area contributed by atoms with Crippen molar-refractivity contribution in [1.82, 2.24) is 9.97 Å². The van der Waals surface area contributed by atoms with E-state index in [-0.39, 0.29) is 11.1 Å². The van der Waals surface area contributed by atoms with Gasteiger partial charge in [-0.2, -0.15) is 0 Å². The number of nitrogens with zero attached hydrogens (tertiary/aromatic N) is 2. The lowest BCUT2D eigenvalue weighted by atomic mass is 10.1. The van der Waals surface area contributed by atoms with E-state index in [9.17, 15) is 9.59 Å². The molecule has 4 rings (SSSR count). The van der Waals surface area contributed by atoms with Gasteiger partial charge in [-0.15, -0.1) is 0 Å². The van der Waals surface area contributed by atoms with Crippen LogP contribution in [0.4, 0.5) is 0 Å². The highest BCUT2D eigenvalue weighted by Gasteiger charge is 2.13.